The van der Waals surface area contributed by atoms with Gasteiger partial charge in [-0.15, -0.1) is 0 Å². The summed E-state index contributed by atoms with van der Waals surface area (Å²) < 4.78 is 50.3. The number of halogens is 2. The number of benzene rings is 2. The third kappa shape index (κ3) is 4.29. The third-order valence-corrected chi connectivity index (χ3v) is 6.09. The van der Waals surface area contributed by atoms with E-state index in [0.29, 0.717) is 18.7 Å². The van der Waals surface area contributed by atoms with E-state index in [-0.39, 0.29) is 28.9 Å². The van der Waals surface area contributed by atoms with Gasteiger partial charge in [-0.2, -0.15) is 0 Å². The van der Waals surface area contributed by atoms with Gasteiger partial charge < -0.3 is 0 Å². The largest absolute Gasteiger partial charge is 0.295 e. The molecule has 0 amide bonds. The van der Waals surface area contributed by atoms with Crippen LogP contribution in [0.1, 0.15) is 10.4 Å². The maximum atomic E-state index is 12.9. The van der Waals surface area contributed by atoms with Crippen molar-refractivity contribution >= 4 is 15.6 Å². The summed E-state index contributed by atoms with van der Waals surface area (Å²) in [5, 5.41) is 0. The molecule has 1 aliphatic rings. The fraction of sp³-hybridized carbons (Fsp3) is 0.278. The van der Waals surface area contributed by atoms with E-state index in [0.717, 1.165) is 12.1 Å². The second-order valence-corrected chi connectivity index (χ2v) is 8.26. The zero-order chi connectivity index (χ0) is 18.0. The molecule has 2 aromatic carbocycles. The Labute approximate surface area is 145 Å². The van der Waals surface area contributed by atoms with Crippen LogP contribution in [0.5, 0.6) is 0 Å². The molecule has 0 saturated carbocycles. The molecule has 132 valence electrons. The molecular weight excluding hydrogens is 348 g/mol. The number of carbonyl (C=O) groups excluding carboxylic acids is 1. The van der Waals surface area contributed by atoms with Crippen LogP contribution in [0.2, 0.25) is 0 Å². The quantitative estimate of drug-likeness (QED) is 0.583. The van der Waals surface area contributed by atoms with E-state index in [9.17, 15) is 22.0 Å². The minimum absolute atomic E-state index is 0.0279. The summed E-state index contributed by atoms with van der Waals surface area (Å²) in [6.07, 6.45) is 0. The van der Waals surface area contributed by atoms with Crippen LogP contribution in [0.25, 0.3) is 0 Å². The second kappa shape index (κ2) is 7.01. The normalized spacial score (nSPS) is 15.8. The Morgan fingerprint density at radius 1 is 0.960 bits per heavy atom. The van der Waals surface area contributed by atoms with E-state index < -0.39 is 21.5 Å². The Bertz CT molecular complexity index is 858. The Hall–Kier alpha value is -2.12. The predicted molar refractivity (Wildman–Crippen MR) is 89.1 cm³/mol. The van der Waals surface area contributed by atoms with Crippen LogP contribution in [0.3, 0.4) is 0 Å². The number of hydrogen-bond donors (Lipinski definition) is 0. The Balaban J connectivity index is 1.51. The van der Waals surface area contributed by atoms with Crippen LogP contribution >= 0.6 is 0 Å². The summed E-state index contributed by atoms with van der Waals surface area (Å²) in [7, 11) is -3.47. The maximum absolute atomic E-state index is 12.9. The molecule has 1 saturated heterocycles. The monoisotopic (exact) mass is 365 g/mol. The fourth-order valence-electron chi connectivity index (χ4n) is 2.89. The zero-order valence-corrected chi connectivity index (χ0v) is 14.2. The van der Waals surface area contributed by atoms with Crippen LogP contribution in [0.15, 0.2) is 53.4 Å². The van der Waals surface area contributed by atoms with Gasteiger partial charge in [-0.3, -0.25) is 9.69 Å². The van der Waals surface area contributed by atoms with E-state index in [1.54, 1.807) is 0 Å². The van der Waals surface area contributed by atoms with E-state index in [1.165, 1.54) is 36.4 Å². The molecule has 7 heteroatoms. The van der Waals surface area contributed by atoms with Crippen molar-refractivity contribution in [2.45, 2.75) is 4.90 Å². The molecule has 3 rings (SSSR count). The van der Waals surface area contributed by atoms with Gasteiger partial charge >= 0.3 is 0 Å². The highest BCUT2D eigenvalue weighted by Crippen LogP contribution is 2.22. The number of hydrogen-bond acceptors (Lipinski definition) is 4. The molecule has 1 fully saturated rings. The molecule has 25 heavy (non-hydrogen) atoms. The minimum atomic E-state index is -3.47. The van der Waals surface area contributed by atoms with Gasteiger partial charge in [0.05, 0.1) is 17.2 Å². The fourth-order valence-corrected chi connectivity index (χ4v) is 4.46. The number of nitrogens with zero attached hydrogens (tertiary/aromatic N) is 1. The van der Waals surface area contributed by atoms with Crippen molar-refractivity contribution in [2.24, 2.45) is 5.92 Å². The van der Waals surface area contributed by atoms with Crippen molar-refractivity contribution < 1.29 is 22.0 Å². The van der Waals surface area contributed by atoms with Gasteiger partial charge in [0.15, 0.2) is 15.6 Å². The van der Waals surface area contributed by atoms with Gasteiger partial charge in [-0.25, -0.2) is 17.2 Å². The first-order valence-electron chi connectivity index (χ1n) is 7.83. The lowest BCUT2D eigenvalue weighted by Gasteiger charge is -2.38. The minimum Gasteiger partial charge on any atom is -0.295 e. The number of Topliss-reactive ketones (excluding diaryl/α,β-unsaturated/α-hetero) is 1. The van der Waals surface area contributed by atoms with Crippen molar-refractivity contribution in [3.05, 3.63) is 65.7 Å². The third-order valence-electron chi connectivity index (χ3n) is 4.19. The molecular formula is C18H17F2NO3S. The van der Waals surface area contributed by atoms with Crippen LogP contribution in [-0.4, -0.2) is 44.5 Å². The Morgan fingerprint density at radius 3 is 2.04 bits per heavy atom. The molecule has 4 nitrogen and oxygen atoms in total. The molecule has 0 atom stereocenters. The molecule has 1 aliphatic heterocycles. The standard InChI is InChI=1S/C18H17F2NO3S/c19-15-3-1-14(2-4-15)18(22)11-21-9-13(10-21)12-25(23,24)17-7-5-16(20)6-8-17/h1-8,13H,9-12H2. The highest BCUT2D eigenvalue weighted by molar-refractivity contribution is 7.91. The number of likely N-dealkylation sites (tertiary alicyclic amines) is 1. The van der Waals surface area contributed by atoms with Gasteiger partial charge in [0.2, 0.25) is 0 Å². The van der Waals surface area contributed by atoms with Gasteiger partial charge in [0.25, 0.3) is 0 Å². The van der Waals surface area contributed by atoms with Crippen molar-refractivity contribution in [3.63, 3.8) is 0 Å². The summed E-state index contributed by atoms with van der Waals surface area (Å²) in [6.45, 7) is 1.19. The summed E-state index contributed by atoms with van der Waals surface area (Å²) in [5.41, 5.74) is 0.434. The van der Waals surface area contributed by atoms with Crippen molar-refractivity contribution in [1.29, 1.82) is 0 Å². The molecule has 0 spiro atoms. The van der Waals surface area contributed by atoms with Crippen LogP contribution in [0, 0.1) is 17.6 Å². The molecule has 0 bridgehead atoms. The summed E-state index contributed by atoms with van der Waals surface area (Å²) in [4.78, 5) is 14.1. The molecule has 0 aliphatic carbocycles. The van der Waals surface area contributed by atoms with E-state index in [2.05, 4.69) is 0 Å². The molecule has 0 unspecified atom stereocenters. The average molecular weight is 365 g/mol. The molecule has 0 radical (unpaired) electrons. The average Bonchev–Trinajstić information content (AvgIpc) is 2.53. The van der Waals surface area contributed by atoms with E-state index >= 15 is 0 Å². The van der Waals surface area contributed by atoms with Crippen molar-refractivity contribution in [2.75, 3.05) is 25.4 Å². The first-order chi connectivity index (χ1) is 11.8. The van der Waals surface area contributed by atoms with Crippen LogP contribution < -0.4 is 0 Å². The van der Waals surface area contributed by atoms with Gasteiger partial charge in [-0.05, 0) is 54.4 Å². The summed E-state index contributed by atoms with van der Waals surface area (Å²) >= 11 is 0. The summed E-state index contributed by atoms with van der Waals surface area (Å²) in [5.74, 6) is -1.09. The molecule has 1 heterocycles. The summed E-state index contributed by atoms with van der Waals surface area (Å²) in [6, 6.07) is 10.1. The highest BCUT2D eigenvalue weighted by Gasteiger charge is 2.32. The number of sulfone groups is 1. The lowest BCUT2D eigenvalue weighted by molar-refractivity contribution is 0.0771. The number of ketones is 1. The Kier molecular flexibility index (Phi) is 4.96. The van der Waals surface area contributed by atoms with Gasteiger partial charge in [0, 0.05) is 18.7 Å². The number of carbonyl (C=O) groups is 1. The highest BCUT2D eigenvalue weighted by atomic mass is 32.2. The van der Waals surface area contributed by atoms with E-state index in [1.807, 2.05) is 4.90 Å². The lowest BCUT2D eigenvalue weighted by atomic mass is 10.0. The Morgan fingerprint density at radius 2 is 1.48 bits per heavy atom. The maximum Gasteiger partial charge on any atom is 0.178 e. The predicted octanol–water partition coefficient (Wildman–Crippen LogP) is 2.55. The van der Waals surface area contributed by atoms with Gasteiger partial charge in [0.1, 0.15) is 11.6 Å². The molecule has 2 aromatic rings. The lowest BCUT2D eigenvalue weighted by Crippen LogP contribution is -2.51. The SMILES string of the molecule is O=C(CN1CC(CS(=O)(=O)c2ccc(F)cc2)C1)c1ccc(F)cc1. The second-order valence-electron chi connectivity index (χ2n) is 6.23. The molecule has 0 aromatic heterocycles. The zero-order valence-electron chi connectivity index (χ0n) is 13.4. The topological polar surface area (TPSA) is 54.5 Å². The van der Waals surface area contributed by atoms with E-state index in [4.69, 9.17) is 0 Å². The molecule has 0 N–H and O–H groups in total. The first kappa shape index (κ1) is 17.7. The van der Waals surface area contributed by atoms with Crippen molar-refractivity contribution in [1.82, 2.24) is 4.90 Å². The number of rotatable bonds is 6. The smallest absolute Gasteiger partial charge is 0.178 e. The first-order valence-corrected chi connectivity index (χ1v) is 9.48. The van der Waals surface area contributed by atoms with Crippen LogP contribution in [-0.2, 0) is 9.84 Å². The van der Waals surface area contributed by atoms with Gasteiger partial charge in [-0.1, -0.05) is 0 Å². The van der Waals surface area contributed by atoms with Crippen LogP contribution in [0.4, 0.5) is 8.78 Å². The van der Waals surface area contributed by atoms with Crippen molar-refractivity contribution in [3.8, 4) is 0 Å².